The zero-order chi connectivity index (χ0) is 15.6. The Hall–Kier alpha value is -1.34. The number of urea groups is 1. The highest BCUT2D eigenvalue weighted by Crippen LogP contribution is 2.25. The van der Waals surface area contributed by atoms with E-state index in [1.54, 1.807) is 21.0 Å². The Labute approximate surface area is 120 Å². The minimum atomic E-state index is -0.912. The molecule has 0 heterocycles. The van der Waals surface area contributed by atoms with Gasteiger partial charge in [-0.25, -0.2) is 4.79 Å². The number of aliphatic carboxylic acids is 1. The Bertz CT molecular complexity index is 305. The zero-order valence-electron chi connectivity index (χ0n) is 12.7. The van der Waals surface area contributed by atoms with Crippen LogP contribution in [0.3, 0.4) is 0 Å². The number of hydrogen-bond donors (Lipinski definition) is 3. The van der Waals surface area contributed by atoms with Gasteiger partial charge >= 0.3 is 12.0 Å². The van der Waals surface area contributed by atoms with Crippen molar-refractivity contribution in [3.05, 3.63) is 0 Å². The van der Waals surface area contributed by atoms with Crippen LogP contribution in [0, 0.1) is 5.41 Å². The first kappa shape index (κ1) is 18.7. The Balaban J connectivity index is 4.24. The van der Waals surface area contributed by atoms with Gasteiger partial charge in [0.2, 0.25) is 0 Å². The van der Waals surface area contributed by atoms with Crippen molar-refractivity contribution in [2.24, 2.45) is 5.41 Å². The average molecular weight is 290 g/mol. The molecule has 0 radical (unpaired) electrons. The summed E-state index contributed by atoms with van der Waals surface area (Å²) in [6.45, 7) is 4.38. The van der Waals surface area contributed by atoms with E-state index in [0.717, 1.165) is 0 Å². The maximum Gasteiger partial charge on any atom is 0.314 e. The molecule has 0 aromatic carbocycles. The molecule has 3 N–H and O–H groups in total. The monoisotopic (exact) mass is 290 g/mol. The van der Waals surface area contributed by atoms with Gasteiger partial charge in [-0.15, -0.1) is 0 Å². The Morgan fingerprint density at radius 3 is 2.20 bits per heavy atom. The van der Waals surface area contributed by atoms with Gasteiger partial charge in [-0.3, -0.25) is 4.79 Å². The number of rotatable bonds is 10. The highest BCUT2D eigenvalue weighted by atomic mass is 16.5. The van der Waals surface area contributed by atoms with Crippen LogP contribution in [0.2, 0.25) is 0 Å². The van der Waals surface area contributed by atoms with E-state index in [9.17, 15) is 14.7 Å². The molecule has 20 heavy (non-hydrogen) atoms. The van der Waals surface area contributed by atoms with Gasteiger partial charge in [0.25, 0.3) is 0 Å². The number of carbonyl (C=O) groups is 2. The molecule has 0 spiro atoms. The largest absolute Gasteiger partial charge is 0.481 e. The number of ether oxygens (including phenoxy) is 2. The maximum atomic E-state index is 11.7. The second-order valence-electron chi connectivity index (χ2n) is 4.67. The number of amides is 2. The van der Waals surface area contributed by atoms with Crippen molar-refractivity contribution in [3.8, 4) is 0 Å². The lowest BCUT2D eigenvalue weighted by Gasteiger charge is -2.27. The van der Waals surface area contributed by atoms with E-state index >= 15 is 0 Å². The van der Waals surface area contributed by atoms with E-state index in [2.05, 4.69) is 10.6 Å². The quantitative estimate of drug-likeness (QED) is 0.554. The number of carbonyl (C=O) groups excluding carboxylic acids is 1. The van der Waals surface area contributed by atoms with Crippen molar-refractivity contribution in [1.82, 2.24) is 10.6 Å². The van der Waals surface area contributed by atoms with Gasteiger partial charge in [0.1, 0.15) is 0 Å². The Kier molecular flexibility index (Phi) is 8.91. The first-order valence-corrected chi connectivity index (χ1v) is 6.72. The van der Waals surface area contributed by atoms with E-state index < -0.39 is 17.4 Å². The molecule has 0 aromatic rings. The van der Waals surface area contributed by atoms with Crippen LogP contribution in [0.4, 0.5) is 4.79 Å². The van der Waals surface area contributed by atoms with Gasteiger partial charge in [0.05, 0.1) is 18.1 Å². The van der Waals surface area contributed by atoms with Gasteiger partial charge in [-0.2, -0.15) is 0 Å². The molecular formula is C13H26N2O5. The minimum Gasteiger partial charge on any atom is -0.481 e. The molecule has 0 bridgehead atoms. The van der Waals surface area contributed by atoms with Crippen LogP contribution in [0.25, 0.3) is 0 Å². The summed E-state index contributed by atoms with van der Waals surface area (Å²) in [5.41, 5.74) is -0.912. The highest BCUT2D eigenvalue weighted by Gasteiger charge is 2.35. The summed E-state index contributed by atoms with van der Waals surface area (Å²) in [6, 6.07) is -0.407. The third-order valence-corrected chi connectivity index (χ3v) is 3.57. The van der Waals surface area contributed by atoms with Gasteiger partial charge in [-0.05, 0) is 12.8 Å². The standard InChI is InChI=1S/C13H26N2O5/c1-5-13(6-2,11(16)17)9-15-12(18)14-7-10(20-4)8-19-3/h10H,5-9H2,1-4H3,(H,16,17)(H2,14,15,18). The Morgan fingerprint density at radius 1 is 1.20 bits per heavy atom. The predicted octanol–water partition coefficient (Wildman–Crippen LogP) is 0.838. The molecule has 1 atom stereocenters. The third-order valence-electron chi connectivity index (χ3n) is 3.57. The molecular weight excluding hydrogens is 264 g/mol. The van der Waals surface area contributed by atoms with Crippen molar-refractivity contribution in [1.29, 1.82) is 0 Å². The molecule has 0 rings (SSSR count). The summed E-state index contributed by atoms with van der Waals surface area (Å²) in [4.78, 5) is 22.9. The second kappa shape index (κ2) is 9.55. The van der Waals surface area contributed by atoms with E-state index in [4.69, 9.17) is 9.47 Å². The fraction of sp³-hybridized carbons (Fsp3) is 0.846. The predicted molar refractivity (Wildman–Crippen MR) is 74.7 cm³/mol. The summed E-state index contributed by atoms with van der Waals surface area (Å²) in [6.07, 6.45) is 0.694. The van der Waals surface area contributed by atoms with Crippen molar-refractivity contribution in [2.45, 2.75) is 32.8 Å². The molecule has 0 fully saturated rings. The number of methoxy groups -OCH3 is 2. The van der Waals surface area contributed by atoms with E-state index in [1.807, 2.05) is 0 Å². The topological polar surface area (TPSA) is 96.9 Å². The lowest BCUT2D eigenvalue weighted by Crippen LogP contribution is -2.47. The third kappa shape index (κ3) is 5.75. The molecule has 0 saturated heterocycles. The number of carboxylic acids is 1. The van der Waals surface area contributed by atoms with Crippen molar-refractivity contribution >= 4 is 12.0 Å². The summed E-state index contributed by atoms with van der Waals surface area (Å²) in [5, 5.41) is 14.5. The van der Waals surface area contributed by atoms with Gasteiger partial charge in [0, 0.05) is 27.3 Å². The molecule has 7 heteroatoms. The SMILES string of the molecule is CCC(CC)(CNC(=O)NCC(COC)OC)C(=O)O. The van der Waals surface area contributed by atoms with Crippen molar-refractivity contribution < 1.29 is 24.2 Å². The molecule has 0 aromatic heterocycles. The lowest BCUT2D eigenvalue weighted by molar-refractivity contribution is -0.149. The van der Waals surface area contributed by atoms with Crippen LogP contribution in [-0.2, 0) is 14.3 Å². The van der Waals surface area contributed by atoms with Crippen molar-refractivity contribution in [2.75, 3.05) is 33.9 Å². The first-order chi connectivity index (χ1) is 9.45. The molecule has 2 amide bonds. The van der Waals surface area contributed by atoms with Crippen molar-refractivity contribution in [3.63, 3.8) is 0 Å². The van der Waals surface area contributed by atoms with E-state index in [1.165, 1.54) is 7.11 Å². The summed E-state index contributed by atoms with van der Waals surface area (Å²) >= 11 is 0. The average Bonchev–Trinajstić information content (AvgIpc) is 2.44. The van der Waals surface area contributed by atoms with Crippen LogP contribution >= 0.6 is 0 Å². The highest BCUT2D eigenvalue weighted by molar-refractivity contribution is 5.78. The number of hydrogen-bond acceptors (Lipinski definition) is 4. The summed E-state index contributed by atoms with van der Waals surface area (Å²) in [5.74, 6) is -0.892. The molecule has 0 aliphatic rings. The minimum absolute atomic E-state index is 0.100. The maximum absolute atomic E-state index is 11.7. The van der Waals surface area contributed by atoms with Crippen LogP contribution in [-0.4, -0.2) is 57.1 Å². The molecule has 1 unspecified atom stereocenters. The first-order valence-electron chi connectivity index (χ1n) is 6.72. The zero-order valence-corrected chi connectivity index (χ0v) is 12.7. The van der Waals surface area contributed by atoms with Gasteiger partial charge < -0.3 is 25.2 Å². The molecule has 0 saturated carbocycles. The summed E-state index contributed by atoms with van der Waals surface area (Å²) in [7, 11) is 3.09. The molecule has 0 aliphatic carbocycles. The van der Waals surface area contributed by atoms with Crippen LogP contribution < -0.4 is 10.6 Å². The van der Waals surface area contributed by atoms with Crippen LogP contribution in [0.5, 0.6) is 0 Å². The smallest absolute Gasteiger partial charge is 0.314 e. The molecule has 0 aliphatic heterocycles. The lowest BCUT2D eigenvalue weighted by atomic mass is 9.82. The van der Waals surface area contributed by atoms with E-state index in [0.29, 0.717) is 26.0 Å². The Morgan fingerprint density at radius 2 is 1.80 bits per heavy atom. The van der Waals surface area contributed by atoms with Crippen LogP contribution in [0.1, 0.15) is 26.7 Å². The molecule has 118 valence electrons. The van der Waals surface area contributed by atoms with E-state index in [-0.39, 0.29) is 12.6 Å². The normalized spacial score (nSPS) is 12.8. The number of carboxylic acid groups (broad SMARTS) is 1. The number of nitrogens with one attached hydrogen (secondary N) is 2. The fourth-order valence-corrected chi connectivity index (χ4v) is 1.79. The fourth-order valence-electron chi connectivity index (χ4n) is 1.79. The van der Waals surface area contributed by atoms with Gasteiger partial charge in [0.15, 0.2) is 0 Å². The second-order valence-corrected chi connectivity index (χ2v) is 4.67. The molecule has 7 nitrogen and oxygen atoms in total. The van der Waals surface area contributed by atoms with Gasteiger partial charge in [-0.1, -0.05) is 13.8 Å². The summed E-state index contributed by atoms with van der Waals surface area (Å²) < 4.78 is 10.0. The van der Waals surface area contributed by atoms with Crippen LogP contribution in [0.15, 0.2) is 0 Å².